The summed E-state index contributed by atoms with van der Waals surface area (Å²) in [4.78, 5) is 15.9. The van der Waals surface area contributed by atoms with E-state index in [1.54, 1.807) is 6.20 Å². The molecule has 0 aliphatic rings. The number of hydrogen-bond acceptors (Lipinski definition) is 3. The minimum Gasteiger partial charge on any atom is -0.319 e. The van der Waals surface area contributed by atoms with Crippen molar-refractivity contribution >= 4 is 36.5 Å². The Morgan fingerprint density at radius 2 is 1.94 bits per heavy atom. The number of amides is 1. The van der Waals surface area contributed by atoms with Gasteiger partial charge in [0.15, 0.2) is 0 Å². The van der Waals surface area contributed by atoms with Crippen LogP contribution in [0.2, 0.25) is 0 Å². The lowest BCUT2D eigenvalue weighted by atomic mass is 9.87. The minimum absolute atomic E-state index is 0. The molecule has 0 aliphatic heterocycles. The number of halogens is 2. The Bertz CT molecular complexity index is 391. The zero-order valence-corrected chi connectivity index (χ0v) is 12.7. The summed E-state index contributed by atoms with van der Waals surface area (Å²) in [6.07, 6.45) is 1.66. The third-order valence-corrected chi connectivity index (χ3v) is 2.38. The first-order chi connectivity index (χ1) is 7.30. The summed E-state index contributed by atoms with van der Waals surface area (Å²) in [5, 5.41) is 2.71. The molecule has 1 aromatic rings. The molecular formula is C12H21Cl2N3O. The smallest absolute Gasteiger partial charge is 0.242 e. The van der Waals surface area contributed by atoms with E-state index in [2.05, 4.69) is 10.3 Å². The Hall–Kier alpha value is -0.840. The molecule has 6 heteroatoms. The highest BCUT2D eigenvalue weighted by molar-refractivity contribution is 5.94. The lowest BCUT2D eigenvalue weighted by Crippen LogP contribution is -2.45. The Morgan fingerprint density at radius 1 is 1.39 bits per heavy atom. The van der Waals surface area contributed by atoms with Gasteiger partial charge >= 0.3 is 0 Å². The van der Waals surface area contributed by atoms with Gasteiger partial charge in [0, 0.05) is 6.20 Å². The number of anilines is 1. The van der Waals surface area contributed by atoms with E-state index in [0.29, 0.717) is 5.82 Å². The first-order valence-corrected chi connectivity index (χ1v) is 5.30. The van der Waals surface area contributed by atoms with Crippen LogP contribution in [-0.4, -0.2) is 16.9 Å². The van der Waals surface area contributed by atoms with Gasteiger partial charge in [-0.3, -0.25) is 4.79 Å². The fourth-order valence-electron chi connectivity index (χ4n) is 1.20. The van der Waals surface area contributed by atoms with Crippen LogP contribution >= 0.6 is 24.8 Å². The highest BCUT2D eigenvalue weighted by Crippen LogP contribution is 2.18. The summed E-state index contributed by atoms with van der Waals surface area (Å²) < 4.78 is 0. The average Bonchev–Trinajstić information content (AvgIpc) is 2.15. The van der Waals surface area contributed by atoms with Gasteiger partial charge in [0.2, 0.25) is 5.91 Å². The summed E-state index contributed by atoms with van der Waals surface area (Å²) in [7, 11) is 0. The number of hydrogen-bond donors (Lipinski definition) is 2. The normalized spacial score (nSPS) is 11.8. The molecule has 1 heterocycles. The van der Waals surface area contributed by atoms with Crippen LogP contribution in [0.5, 0.6) is 0 Å². The number of nitrogens with one attached hydrogen (secondary N) is 1. The molecule has 0 unspecified atom stereocenters. The maximum atomic E-state index is 11.8. The van der Waals surface area contributed by atoms with Crippen LogP contribution in [0.15, 0.2) is 18.3 Å². The number of carbonyl (C=O) groups excluding carboxylic acids is 1. The molecule has 0 bridgehead atoms. The molecule has 1 atom stereocenters. The molecule has 0 spiro atoms. The van der Waals surface area contributed by atoms with Gasteiger partial charge in [-0.15, -0.1) is 24.8 Å². The van der Waals surface area contributed by atoms with Crippen molar-refractivity contribution in [3.8, 4) is 0 Å². The molecule has 18 heavy (non-hydrogen) atoms. The van der Waals surface area contributed by atoms with Crippen LogP contribution in [0.3, 0.4) is 0 Å². The Labute approximate surface area is 121 Å². The third kappa shape index (κ3) is 5.67. The highest BCUT2D eigenvalue weighted by Gasteiger charge is 2.27. The fourth-order valence-corrected chi connectivity index (χ4v) is 1.20. The summed E-state index contributed by atoms with van der Waals surface area (Å²) >= 11 is 0. The van der Waals surface area contributed by atoms with Crippen molar-refractivity contribution in [3.63, 3.8) is 0 Å². The number of carbonyl (C=O) groups is 1. The van der Waals surface area contributed by atoms with Gasteiger partial charge in [-0.25, -0.2) is 4.98 Å². The molecular weight excluding hydrogens is 273 g/mol. The van der Waals surface area contributed by atoms with Gasteiger partial charge in [0.25, 0.3) is 0 Å². The SMILES string of the molecule is Cc1ccnc(NC(=O)[C@@H](N)C(C)(C)C)c1.Cl.Cl. The first-order valence-electron chi connectivity index (χ1n) is 5.30. The first kappa shape index (κ1) is 19.5. The predicted molar refractivity (Wildman–Crippen MR) is 79.5 cm³/mol. The molecule has 0 saturated heterocycles. The second kappa shape index (κ2) is 7.56. The lowest BCUT2D eigenvalue weighted by molar-refractivity contribution is -0.119. The van der Waals surface area contributed by atoms with Crippen LogP contribution in [0.25, 0.3) is 0 Å². The third-order valence-electron chi connectivity index (χ3n) is 2.38. The van der Waals surface area contributed by atoms with Crippen LogP contribution in [0.1, 0.15) is 26.3 Å². The second-order valence-electron chi connectivity index (χ2n) is 5.05. The summed E-state index contributed by atoms with van der Waals surface area (Å²) in [5.41, 5.74) is 6.63. The number of rotatable bonds is 2. The van der Waals surface area contributed by atoms with Crippen molar-refractivity contribution < 1.29 is 4.79 Å². The largest absolute Gasteiger partial charge is 0.319 e. The van der Waals surface area contributed by atoms with E-state index in [4.69, 9.17) is 5.73 Å². The van der Waals surface area contributed by atoms with Crippen molar-refractivity contribution in [2.45, 2.75) is 33.7 Å². The number of nitrogens with two attached hydrogens (primary N) is 1. The molecule has 104 valence electrons. The number of aromatic nitrogens is 1. The average molecular weight is 294 g/mol. The van der Waals surface area contributed by atoms with Gasteiger partial charge in [0.1, 0.15) is 5.82 Å². The van der Waals surface area contributed by atoms with E-state index >= 15 is 0 Å². The van der Waals surface area contributed by atoms with Gasteiger partial charge < -0.3 is 11.1 Å². The molecule has 4 nitrogen and oxygen atoms in total. The van der Waals surface area contributed by atoms with Crippen molar-refractivity contribution in [2.24, 2.45) is 11.1 Å². The summed E-state index contributed by atoms with van der Waals surface area (Å²) in [6.45, 7) is 7.74. The Balaban J connectivity index is 0. The van der Waals surface area contributed by atoms with E-state index in [1.165, 1.54) is 0 Å². The molecule has 3 N–H and O–H groups in total. The quantitative estimate of drug-likeness (QED) is 0.880. The van der Waals surface area contributed by atoms with E-state index in [1.807, 2.05) is 39.8 Å². The zero-order chi connectivity index (χ0) is 12.3. The van der Waals surface area contributed by atoms with Gasteiger partial charge in [-0.1, -0.05) is 20.8 Å². The Kier molecular flexibility index (Phi) is 8.19. The van der Waals surface area contributed by atoms with Crippen molar-refractivity contribution in [3.05, 3.63) is 23.9 Å². The molecule has 1 aromatic heterocycles. The Morgan fingerprint density at radius 3 is 2.39 bits per heavy atom. The van der Waals surface area contributed by atoms with Crippen LogP contribution in [0.4, 0.5) is 5.82 Å². The number of aryl methyl sites for hydroxylation is 1. The van der Waals surface area contributed by atoms with E-state index < -0.39 is 6.04 Å². The standard InChI is InChI=1S/C12H19N3O.2ClH/c1-8-5-6-14-9(7-8)15-11(16)10(13)12(2,3)4;;/h5-7,10H,13H2,1-4H3,(H,14,15,16);2*1H/t10-;;/m1../s1. The highest BCUT2D eigenvalue weighted by atomic mass is 35.5. The van der Waals surface area contributed by atoms with Crippen LogP contribution in [0, 0.1) is 12.3 Å². The zero-order valence-electron chi connectivity index (χ0n) is 11.1. The monoisotopic (exact) mass is 293 g/mol. The van der Waals surface area contributed by atoms with E-state index in [9.17, 15) is 4.79 Å². The van der Waals surface area contributed by atoms with Crippen LogP contribution < -0.4 is 11.1 Å². The maximum absolute atomic E-state index is 11.8. The predicted octanol–water partition coefficient (Wildman–Crippen LogP) is 2.55. The van der Waals surface area contributed by atoms with E-state index in [0.717, 1.165) is 5.56 Å². The van der Waals surface area contributed by atoms with Gasteiger partial charge in [0.05, 0.1) is 6.04 Å². The fraction of sp³-hybridized carbons (Fsp3) is 0.500. The maximum Gasteiger partial charge on any atom is 0.242 e. The van der Waals surface area contributed by atoms with Crippen molar-refractivity contribution in [1.82, 2.24) is 4.98 Å². The number of nitrogens with zero attached hydrogens (tertiary/aromatic N) is 1. The summed E-state index contributed by atoms with van der Waals surface area (Å²) in [5.74, 6) is 0.343. The minimum atomic E-state index is -0.546. The molecule has 0 aliphatic carbocycles. The number of pyridine rings is 1. The molecule has 1 amide bonds. The summed E-state index contributed by atoms with van der Waals surface area (Å²) in [6, 6.07) is 3.14. The van der Waals surface area contributed by atoms with Gasteiger partial charge in [-0.2, -0.15) is 0 Å². The van der Waals surface area contributed by atoms with Crippen molar-refractivity contribution in [1.29, 1.82) is 0 Å². The molecule has 0 radical (unpaired) electrons. The molecule has 0 aromatic carbocycles. The lowest BCUT2D eigenvalue weighted by Gasteiger charge is -2.25. The van der Waals surface area contributed by atoms with Gasteiger partial charge in [-0.05, 0) is 30.0 Å². The second-order valence-corrected chi connectivity index (χ2v) is 5.05. The molecule has 0 fully saturated rings. The van der Waals surface area contributed by atoms with Crippen molar-refractivity contribution in [2.75, 3.05) is 5.32 Å². The van der Waals surface area contributed by atoms with E-state index in [-0.39, 0.29) is 36.1 Å². The molecule has 1 rings (SSSR count). The topological polar surface area (TPSA) is 68.0 Å². The van der Waals surface area contributed by atoms with Crippen LogP contribution in [-0.2, 0) is 4.79 Å². The molecule has 0 saturated carbocycles.